The Labute approximate surface area is 209 Å². The van der Waals surface area contributed by atoms with Crippen LogP contribution in [0.25, 0.3) is 11.0 Å². The second-order valence-corrected chi connectivity index (χ2v) is 9.62. The first kappa shape index (κ1) is 23.4. The molecular formula is C28H28ClN3O3. The number of aromatic nitrogens is 2. The number of benzene rings is 3. The summed E-state index contributed by atoms with van der Waals surface area (Å²) >= 11 is 6.02. The van der Waals surface area contributed by atoms with Crippen LogP contribution in [0.3, 0.4) is 0 Å². The van der Waals surface area contributed by atoms with E-state index in [1.165, 1.54) is 0 Å². The first-order valence-electron chi connectivity index (χ1n) is 11.8. The van der Waals surface area contributed by atoms with E-state index in [1.807, 2.05) is 73.0 Å². The van der Waals surface area contributed by atoms with Crippen LogP contribution in [0, 0.1) is 13.8 Å². The van der Waals surface area contributed by atoms with Crippen molar-refractivity contribution in [3.8, 4) is 5.75 Å². The summed E-state index contributed by atoms with van der Waals surface area (Å²) < 4.78 is 7.99. The average Bonchev–Trinajstić information content (AvgIpc) is 3.41. The first-order chi connectivity index (χ1) is 16.9. The molecule has 1 amide bonds. The summed E-state index contributed by atoms with van der Waals surface area (Å²) in [4.78, 5) is 19.6. The van der Waals surface area contributed by atoms with Crippen LogP contribution in [0.4, 0.5) is 5.69 Å². The van der Waals surface area contributed by atoms with E-state index in [9.17, 15) is 9.90 Å². The van der Waals surface area contributed by atoms with Crippen molar-refractivity contribution in [3.63, 3.8) is 0 Å². The van der Waals surface area contributed by atoms with E-state index in [4.69, 9.17) is 21.3 Å². The van der Waals surface area contributed by atoms with Gasteiger partial charge in [-0.2, -0.15) is 0 Å². The van der Waals surface area contributed by atoms with Gasteiger partial charge in [0.05, 0.1) is 17.6 Å². The summed E-state index contributed by atoms with van der Waals surface area (Å²) in [6, 6.07) is 21.2. The van der Waals surface area contributed by atoms with E-state index in [-0.39, 0.29) is 18.4 Å². The molecule has 2 atom stereocenters. The highest BCUT2D eigenvalue weighted by molar-refractivity contribution is 6.30. The second kappa shape index (κ2) is 9.72. The van der Waals surface area contributed by atoms with Gasteiger partial charge in [0.2, 0.25) is 5.91 Å². The molecule has 6 nitrogen and oxygen atoms in total. The lowest BCUT2D eigenvalue weighted by atomic mass is 10.1. The Balaban J connectivity index is 1.38. The molecule has 0 spiro atoms. The van der Waals surface area contributed by atoms with Gasteiger partial charge in [0, 0.05) is 29.6 Å². The third kappa shape index (κ3) is 4.90. The van der Waals surface area contributed by atoms with E-state index in [2.05, 4.69) is 0 Å². The summed E-state index contributed by atoms with van der Waals surface area (Å²) in [5, 5.41) is 11.5. The van der Waals surface area contributed by atoms with Crippen LogP contribution < -0.4 is 9.64 Å². The minimum atomic E-state index is -0.740. The van der Waals surface area contributed by atoms with Crippen molar-refractivity contribution in [2.24, 2.45) is 0 Å². The lowest BCUT2D eigenvalue weighted by Crippen LogP contribution is -2.26. The van der Waals surface area contributed by atoms with Crippen molar-refractivity contribution >= 4 is 34.2 Å². The second-order valence-electron chi connectivity index (χ2n) is 9.18. The van der Waals surface area contributed by atoms with Gasteiger partial charge in [-0.3, -0.25) is 4.79 Å². The highest BCUT2D eigenvalue weighted by Gasteiger charge is 2.35. The standard InChI is InChI=1S/C28H28ClN3O3/c1-18-7-8-19(2)26(13-18)35-17-23(33)16-32-25-6-4-3-5-24(25)30-28(32)20-14-27(34)31(15-20)22-11-9-21(29)10-12-22/h3-13,20,23,33H,14-17H2,1-2H3/t20-,23-/m1/s1. The number of ether oxygens (including phenoxy) is 1. The fourth-order valence-electron chi connectivity index (χ4n) is 4.66. The number of hydrogen-bond acceptors (Lipinski definition) is 4. The van der Waals surface area contributed by atoms with E-state index in [0.29, 0.717) is 24.5 Å². The van der Waals surface area contributed by atoms with Crippen LogP contribution >= 0.6 is 11.6 Å². The van der Waals surface area contributed by atoms with Gasteiger partial charge >= 0.3 is 0 Å². The zero-order chi connectivity index (χ0) is 24.5. The highest BCUT2D eigenvalue weighted by atomic mass is 35.5. The maximum Gasteiger partial charge on any atom is 0.227 e. The number of nitrogens with zero attached hydrogens (tertiary/aromatic N) is 3. The van der Waals surface area contributed by atoms with Gasteiger partial charge in [-0.15, -0.1) is 0 Å². The van der Waals surface area contributed by atoms with Gasteiger partial charge in [-0.25, -0.2) is 4.98 Å². The molecule has 5 rings (SSSR count). The van der Waals surface area contributed by atoms with Crippen LogP contribution in [0.1, 0.15) is 29.3 Å². The van der Waals surface area contributed by atoms with Crippen LogP contribution in [-0.4, -0.2) is 39.8 Å². The highest BCUT2D eigenvalue weighted by Crippen LogP contribution is 2.34. The van der Waals surface area contributed by atoms with Crippen LogP contribution in [-0.2, 0) is 11.3 Å². The molecule has 0 saturated carbocycles. The molecule has 1 aliphatic rings. The predicted octanol–water partition coefficient (Wildman–Crippen LogP) is 5.27. The molecule has 1 aromatic heterocycles. The Kier molecular flexibility index (Phi) is 6.50. The quantitative estimate of drug-likeness (QED) is 0.384. The summed E-state index contributed by atoms with van der Waals surface area (Å²) in [5.41, 5.74) is 4.75. The van der Waals surface area contributed by atoms with Crippen LogP contribution in [0.15, 0.2) is 66.7 Å². The Morgan fingerprint density at radius 3 is 2.69 bits per heavy atom. The number of carbonyl (C=O) groups excluding carboxylic acids is 1. The number of carbonyl (C=O) groups is 1. The third-order valence-electron chi connectivity index (χ3n) is 6.48. The molecule has 1 fully saturated rings. The summed E-state index contributed by atoms with van der Waals surface area (Å²) in [6.07, 6.45) is -0.378. The fraction of sp³-hybridized carbons (Fsp3) is 0.286. The van der Waals surface area contributed by atoms with Crippen molar-refractivity contribution in [1.29, 1.82) is 0 Å². The molecule has 2 heterocycles. The average molecular weight is 490 g/mol. The number of fused-ring (bicyclic) bond motifs is 1. The number of amides is 1. The SMILES string of the molecule is Cc1ccc(C)c(OC[C@H](O)Cn2c([C@@H]3CC(=O)N(c4ccc(Cl)cc4)C3)nc3ccccc32)c1. The van der Waals surface area contributed by atoms with E-state index >= 15 is 0 Å². The van der Waals surface area contributed by atoms with Gasteiger partial charge < -0.3 is 19.3 Å². The maximum atomic E-state index is 12.9. The lowest BCUT2D eigenvalue weighted by molar-refractivity contribution is -0.117. The fourth-order valence-corrected chi connectivity index (χ4v) is 4.79. The van der Waals surface area contributed by atoms with Crippen molar-refractivity contribution in [2.45, 2.75) is 38.8 Å². The number of hydrogen-bond donors (Lipinski definition) is 1. The molecule has 1 saturated heterocycles. The number of para-hydroxylation sites is 2. The molecule has 0 bridgehead atoms. The number of aliphatic hydroxyl groups is 1. The monoisotopic (exact) mass is 489 g/mol. The maximum absolute atomic E-state index is 12.9. The normalized spacial score (nSPS) is 16.7. The van der Waals surface area contributed by atoms with Crippen molar-refractivity contribution in [1.82, 2.24) is 9.55 Å². The molecule has 3 aromatic carbocycles. The smallest absolute Gasteiger partial charge is 0.227 e. The number of imidazole rings is 1. The summed E-state index contributed by atoms with van der Waals surface area (Å²) in [7, 11) is 0. The first-order valence-corrected chi connectivity index (χ1v) is 12.2. The van der Waals surface area contributed by atoms with Crippen LogP contribution in [0.5, 0.6) is 5.75 Å². The number of rotatable bonds is 7. The Morgan fingerprint density at radius 1 is 1.11 bits per heavy atom. The van der Waals surface area contributed by atoms with Gasteiger partial charge in [0.25, 0.3) is 0 Å². The van der Waals surface area contributed by atoms with E-state index < -0.39 is 6.10 Å². The third-order valence-corrected chi connectivity index (χ3v) is 6.73. The lowest BCUT2D eigenvalue weighted by Gasteiger charge is -2.19. The van der Waals surface area contributed by atoms with Crippen molar-refractivity contribution in [3.05, 3.63) is 88.7 Å². The number of aryl methyl sites for hydroxylation is 2. The largest absolute Gasteiger partial charge is 0.491 e. The van der Waals surface area contributed by atoms with Crippen molar-refractivity contribution in [2.75, 3.05) is 18.1 Å². The van der Waals surface area contributed by atoms with Gasteiger partial charge in [0.15, 0.2) is 0 Å². The molecule has 180 valence electrons. The molecule has 0 radical (unpaired) electrons. The molecule has 1 aliphatic heterocycles. The molecule has 0 aliphatic carbocycles. The zero-order valence-electron chi connectivity index (χ0n) is 19.8. The Hall–Kier alpha value is -3.35. The minimum Gasteiger partial charge on any atom is -0.491 e. The number of anilines is 1. The molecule has 0 unspecified atom stereocenters. The van der Waals surface area contributed by atoms with Crippen molar-refractivity contribution < 1.29 is 14.6 Å². The molecule has 7 heteroatoms. The molecular weight excluding hydrogens is 462 g/mol. The van der Waals surface area contributed by atoms with E-state index in [0.717, 1.165) is 39.4 Å². The Bertz CT molecular complexity index is 1370. The topological polar surface area (TPSA) is 67.6 Å². The van der Waals surface area contributed by atoms with Gasteiger partial charge in [-0.1, -0.05) is 35.9 Å². The van der Waals surface area contributed by atoms with Gasteiger partial charge in [0.1, 0.15) is 24.3 Å². The molecule has 1 N–H and O–H groups in total. The molecule has 35 heavy (non-hydrogen) atoms. The van der Waals surface area contributed by atoms with Crippen LogP contribution in [0.2, 0.25) is 5.02 Å². The van der Waals surface area contributed by atoms with E-state index in [1.54, 1.807) is 17.0 Å². The number of halogens is 1. The number of aliphatic hydroxyl groups excluding tert-OH is 1. The Morgan fingerprint density at radius 2 is 1.89 bits per heavy atom. The van der Waals surface area contributed by atoms with Gasteiger partial charge in [-0.05, 0) is 67.4 Å². The molecule has 4 aromatic rings. The summed E-state index contributed by atoms with van der Waals surface area (Å²) in [5.74, 6) is 1.55. The zero-order valence-corrected chi connectivity index (χ0v) is 20.6. The minimum absolute atomic E-state index is 0.0507. The predicted molar refractivity (Wildman–Crippen MR) is 138 cm³/mol. The summed E-state index contributed by atoms with van der Waals surface area (Å²) in [6.45, 7) is 5.02.